The number of hydrogen-bond donors (Lipinski definition) is 0. The van der Waals surface area contributed by atoms with E-state index in [0.29, 0.717) is 12.2 Å². The molecular formula is C14H16F2N2O. The van der Waals surface area contributed by atoms with Crippen LogP contribution in [0.4, 0.5) is 14.5 Å². The van der Waals surface area contributed by atoms with Crippen molar-refractivity contribution in [1.29, 1.82) is 5.26 Å². The van der Waals surface area contributed by atoms with Crippen molar-refractivity contribution in [1.82, 2.24) is 0 Å². The van der Waals surface area contributed by atoms with Crippen molar-refractivity contribution in [2.45, 2.75) is 26.3 Å². The van der Waals surface area contributed by atoms with Gasteiger partial charge < -0.3 is 9.64 Å². The van der Waals surface area contributed by atoms with Crippen molar-refractivity contribution >= 4 is 5.69 Å². The van der Waals surface area contributed by atoms with Crippen LogP contribution >= 0.6 is 0 Å². The summed E-state index contributed by atoms with van der Waals surface area (Å²) in [6, 6.07) is 4.38. The van der Waals surface area contributed by atoms with Crippen molar-refractivity contribution < 1.29 is 13.5 Å². The number of rotatable bonds is 2. The van der Waals surface area contributed by atoms with Gasteiger partial charge in [0.1, 0.15) is 6.04 Å². The Balaban J connectivity index is 2.49. The minimum absolute atomic E-state index is 0.141. The quantitative estimate of drug-likeness (QED) is 0.825. The van der Waals surface area contributed by atoms with Gasteiger partial charge in [0.15, 0.2) is 11.6 Å². The lowest BCUT2D eigenvalue weighted by molar-refractivity contribution is 0.362. The first-order chi connectivity index (χ1) is 8.92. The van der Waals surface area contributed by atoms with Crippen molar-refractivity contribution in [3.05, 3.63) is 23.8 Å². The highest BCUT2D eigenvalue weighted by molar-refractivity contribution is 5.62. The molecule has 0 radical (unpaired) electrons. The smallest absolute Gasteiger partial charge is 0.202 e. The Bertz CT molecular complexity index is 537. The SMILES string of the molecule is COc1c(N2CCC(C)(C)C2C#N)ccc(F)c1F. The van der Waals surface area contributed by atoms with Gasteiger partial charge in [0.25, 0.3) is 0 Å². The molecular weight excluding hydrogens is 250 g/mol. The van der Waals surface area contributed by atoms with Gasteiger partial charge >= 0.3 is 0 Å². The van der Waals surface area contributed by atoms with E-state index in [2.05, 4.69) is 6.07 Å². The predicted molar refractivity (Wildman–Crippen MR) is 68.1 cm³/mol. The Morgan fingerprint density at radius 2 is 2.11 bits per heavy atom. The van der Waals surface area contributed by atoms with Gasteiger partial charge in [-0.2, -0.15) is 9.65 Å². The molecule has 1 saturated heterocycles. The van der Waals surface area contributed by atoms with Crippen molar-refractivity contribution in [2.75, 3.05) is 18.6 Å². The number of nitrogens with zero attached hydrogens (tertiary/aromatic N) is 2. The average Bonchev–Trinajstić information content (AvgIpc) is 2.67. The van der Waals surface area contributed by atoms with Crippen LogP contribution in [0.2, 0.25) is 0 Å². The van der Waals surface area contributed by atoms with E-state index in [1.54, 1.807) is 4.90 Å². The summed E-state index contributed by atoms with van der Waals surface area (Å²) in [7, 11) is 1.30. The second kappa shape index (κ2) is 4.69. The van der Waals surface area contributed by atoms with Gasteiger partial charge in [-0.1, -0.05) is 13.8 Å². The summed E-state index contributed by atoms with van der Waals surface area (Å²) >= 11 is 0. The van der Waals surface area contributed by atoms with E-state index >= 15 is 0 Å². The summed E-state index contributed by atoms with van der Waals surface area (Å²) in [5.41, 5.74) is 0.239. The minimum atomic E-state index is -1.01. The van der Waals surface area contributed by atoms with Crippen LogP contribution in [-0.4, -0.2) is 19.7 Å². The molecule has 0 amide bonds. The van der Waals surface area contributed by atoms with Gasteiger partial charge in [-0.05, 0) is 18.6 Å². The fourth-order valence-corrected chi connectivity index (χ4v) is 2.54. The largest absolute Gasteiger partial charge is 0.491 e. The Labute approximate surface area is 111 Å². The van der Waals surface area contributed by atoms with E-state index in [-0.39, 0.29) is 17.2 Å². The van der Waals surface area contributed by atoms with Crippen LogP contribution in [0.3, 0.4) is 0 Å². The van der Waals surface area contributed by atoms with Crippen molar-refractivity contribution in [3.63, 3.8) is 0 Å². The van der Waals surface area contributed by atoms with Crippen molar-refractivity contribution in [3.8, 4) is 11.8 Å². The fraction of sp³-hybridized carbons (Fsp3) is 0.500. The molecule has 3 nitrogen and oxygen atoms in total. The standard InChI is InChI=1S/C14H16F2N2O/c1-14(2)6-7-18(11(14)8-17)10-5-4-9(15)12(16)13(10)19-3/h4-5,11H,6-7H2,1-3H3. The monoisotopic (exact) mass is 266 g/mol. The number of nitriles is 1. The molecule has 0 spiro atoms. The zero-order chi connectivity index (χ0) is 14.2. The van der Waals surface area contributed by atoms with Crippen LogP contribution in [-0.2, 0) is 0 Å². The Morgan fingerprint density at radius 3 is 2.68 bits per heavy atom. The zero-order valence-electron chi connectivity index (χ0n) is 11.2. The lowest BCUT2D eigenvalue weighted by atomic mass is 9.85. The first-order valence-electron chi connectivity index (χ1n) is 6.10. The maximum Gasteiger partial charge on any atom is 0.202 e. The summed E-state index contributed by atoms with van der Waals surface area (Å²) in [4.78, 5) is 1.78. The molecule has 0 aromatic heterocycles. The summed E-state index contributed by atoms with van der Waals surface area (Å²) in [6.07, 6.45) is 0.813. The second-order valence-electron chi connectivity index (χ2n) is 5.38. The molecule has 1 aromatic rings. The fourth-order valence-electron chi connectivity index (χ4n) is 2.54. The number of anilines is 1. The first-order valence-corrected chi connectivity index (χ1v) is 6.10. The van der Waals surface area contributed by atoms with Gasteiger partial charge in [-0.25, -0.2) is 4.39 Å². The highest BCUT2D eigenvalue weighted by Gasteiger charge is 2.42. The molecule has 19 heavy (non-hydrogen) atoms. The molecule has 1 fully saturated rings. The number of methoxy groups -OCH3 is 1. The molecule has 5 heteroatoms. The third-order valence-corrected chi connectivity index (χ3v) is 3.71. The van der Waals surface area contributed by atoms with Gasteiger partial charge in [0.2, 0.25) is 5.82 Å². The van der Waals surface area contributed by atoms with E-state index in [9.17, 15) is 14.0 Å². The Hall–Kier alpha value is -1.83. The van der Waals surface area contributed by atoms with Gasteiger partial charge in [-0.15, -0.1) is 0 Å². The maximum absolute atomic E-state index is 13.7. The van der Waals surface area contributed by atoms with E-state index in [0.717, 1.165) is 12.5 Å². The highest BCUT2D eigenvalue weighted by Crippen LogP contribution is 2.42. The molecule has 1 aliphatic heterocycles. The number of hydrogen-bond acceptors (Lipinski definition) is 3. The lowest BCUT2D eigenvalue weighted by Crippen LogP contribution is -2.35. The molecule has 0 N–H and O–H groups in total. The van der Waals surface area contributed by atoms with E-state index in [4.69, 9.17) is 4.74 Å². The molecule has 0 bridgehead atoms. The van der Waals surface area contributed by atoms with Crippen LogP contribution < -0.4 is 9.64 Å². The molecule has 1 atom stereocenters. The number of benzene rings is 1. The highest BCUT2D eigenvalue weighted by atomic mass is 19.2. The van der Waals surface area contributed by atoms with Gasteiger partial charge in [-0.3, -0.25) is 0 Å². The lowest BCUT2D eigenvalue weighted by Gasteiger charge is -2.29. The first kappa shape index (κ1) is 13.6. The predicted octanol–water partition coefficient (Wildman–Crippen LogP) is 3.10. The number of ether oxygens (including phenoxy) is 1. The Morgan fingerprint density at radius 1 is 1.42 bits per heavy atom. The van der Waals surface area contributed by atoms with Crippen LogP contribution in [0.1, 0.15) is 20.3 Å². The molecule has 1 aliphatic rings. The normalized spacial score (nSPS) is 21.3. The Kier molecular flexibility index (Phi) is 3.36. The molecule has 0 saturated carbocycles. The number of halogens is 2. The third kappa shape index (κ3) is 2.12. The van der Waals surface area contributed by atoms with E-state index < -0.39 is 11.6 Å². The second-order valence-corrected chi connectivity index (χ2v) is 5.38. The van der Waals surface area contributed by atoms with E-state index in [1.165, 1.54) is 13.2 Å². The molecule has 1 unspecified atom stereocenters. The molecule has 102 valence electrons. The molecule has 1 heterocycles. The third-order valence-electron chi connectivity index (χ3n) is 3.71. The van der Waals surface area contributed by atoms with Gasteiger partial charge in [0, 0.05) is 12.0 Å². The molecule has 1 aromatic carbocycles. The van der Waals surface area contributed by atoms with Crippen LogP contribution in [0, 0.1) is 28.4 Å². The molecule has 0 aliphatic carbocycles. The van der Waals surface area contributed by atoms with Gasteiger partial charge in [0.05, 0.1) is 18.9 Å². The minimum Gasteiger partial charge on any atom is -0.491 e. The zero-order valence-corrected chi connectivity index (χ0v) is 11.2. The van der Waals surface area contributed by atoms with Crippen LogP contribution in [0.5, 0.6) is 5.75 Å². The summed E-state index contributed by atoms with van der Waals surface area (Å²) < 4.78 is 31.9. The van der Waals surface area contributed by atoms with Crippen molar-refractivity contribution in [2.24, 2.45) is 5.41 Å². The average molecular weight is 266 g/mol. The summed E-state index contributed by atoms with van der Waals surface area (Å²) in [5, 5.41) is 9.32. The van der Waals surface area contributed by atoms with Crippen LogP contribution in [0.25, 0.3) is 0 Å². The summed E-state index contributed by atoms with van der Waals surface area (Å²) in [5.74, 6) is -2.10. The van der Waals surface area contributed by atoms with Crippen LogP contribution in [0.15, 0.2) is 12.1 Å². The summed E-state index contributed by atoms with van der Waals surface area (Å²) in [6.45, 7) is 4.60. The van der Waals surface area contributed by atoms with E-state index in [1.807, 2.05) is 13.8 Å². The topological polar surface area (TPSA) is 36.3 Å². The maximum atomic E-state index is 13.7. The molecule has 2 rings (SSSR count).